The van der Waals surface area contributed by atoms with Gasteiger partial charge in [0.1, 0.15) is 0 Å². The zero-order valence-electron chi connectivity index (χ0n) is 15.0. The van der Waals surface area contributed by atoms with Gasteiger partial charge in [0.2, 0.25) is 0 Å². The zero-order chi connectivity index (χ0) is 18.0. The number of carbonyl (C=O) groups excluding carboxylic acids is 1. The Morgan fingerprint density at radius 3 is 2.88 bits per heavy atom. The first kappa shape index (κ1) is 18.5. The molecule has 0 bridgehead atoms. The lowest BCUT2D eigenvalue weighted by molar-refractivity contribution is -0.0765. The largest absolute Gasteiger partial charge is 0.440 e. The molecular weight excluding hydrogens is 340 g/mol. The van der Waals surface area contributed by atoms with E-state index < -0.39 is 0 Å². The van der Waals surface area contributed by atoms with Crippen LogP contribution >= 0.6 is 11.6 Å². The van der Waals surface area contributed by atoms with Crippen molar-refractivity contribution in [1.82, 2.24) is 9.80 Å². The van der Waals surface area contributed by atoms with Crippen molar-refractivity contribution in [2.75, 3.05) is 32.7 Å². The number of piperidine rings is 2. The molecule has 2 saturated heterocycles. The number of allylic oxidation sites excluding steroid dienone is 1. The fourth-order valence-corrected chi connectivity index (χ4v) is 4.17. The van der Waals surface area contributed by atoms with Crippen LogP contribution < -0.4 is 0 Å². The van der Waals surface area contributed by atoms with Crippen LogP contribution in [0.2, 0.25) is 5.22 Å². The van der Waals surface area contributed by atoms with E-state index in [4.69, 9.17) is 16.0 Å². The van der Waals surface area contributed by atoms with Gasteiger partial charge >= 0.3 is 0 Å². The average Bonchev–Trinajstić information content (AvgIpc) is 3.02. The first-order chi connectivity index (χ1) is 11.9. The summed E-state index contributed by atoms with van der Waals surface area (Å²) in [4.78, 5) is 16.9. The molecule has 0 radical (unpaired) electrons. The number of halogens is 1. The van der Waals surface area contributed by atoms with Gasteiger partial charge in [0.15, 0.2) is 11.0 Å². The van der Waals surface area contributed by atoms with E-state index in [0.29, 0.717) is 13.1 Å². The van der Waals surface area contributed by atoms with Crippen molar-refractivity contribution in [2.24, 2.45) is 5.41 Å². The second-order valence-electron chi connectivity index (χ2n) is 7.62. The lowest BCUT2D eigenvalue weighted by atomic mass is 9.71. The van der Waals surface area contributed by atoms with Crippen molar-refractivity contribution in [3.05, 3.63) is 34.8 Å². The molecule has 5 nitrogen and oxygen atoms in total. The summed E-state index contributed by atoms with van der Waals surface area (Å²) in [6, 6.07) is 3.20. The highest BCUT2D eigenvalue weighted by molar-refractivity contribution is 6.29. The van der Waals surface area contributed by atoms with Crippen LogP contribution in [0.25, 0.3) is 0 Å². The van der Waals surface area contributed by atoms with Gasteiger partial charge < -0.3 is 14.4 Å². The van der Waals surface area contributed by atoms with Crippen molar-refractivity contribution in [3.8, 4) is 0 Å². The standard InChI is InChI=1S/C19H27ClN2O3/c1-14(2)6-10-21-11-7-16(23)19(12-21)8-3-9-22(13-19)18(24)15-4-5-17(20)25-15/h4-6,16,23H,3,7-13H2,1-2H3/t16-,19-/m1/s1. The Labute approximate surface area is 154 Å². The van der Waals surface area contributed by atoms with Gasteiger partial charge in [0.05, 0.1) is 6.10 Å². The van der Waals surface area contributed by atoms with Crippen LogP contribution in [0, 0.1) is 5.41 Å². The summed E-state index contributed by atoms with van der Waals surface area (Å²) in [6.07, 6.45) is 4.45. The zero-order valence-corrected chi connectivity index (χ0v) is 15.8. The first-order valence-corrected chi connectivity index (χ1v) is 9.36. The molecule has 1 aromatic rings. The number of furan rings is 1. The van der Waals surface area contributed by atoms with Gasteiger partial charge in [-0.15, -0.1) is 0 Å². The number of rotatable bonds is 3. The van der Waals surface area contributed by atoms with Crippen molar-refractivity contribution < 1.29 is 14.3 Å². The van der Waals surface area contributed by atoms with Crippen LogP contribution in [0.4, 0.5) is 0 Å². The van der Waals surface area contributed by atoms with E-state index in [1.54, 1.807) is 12.1 Å². The molecule has 0 saturated carbocycles. The second kappa shape index (κ2) is 7.52. The van der Waals surface area contributed by atoms with E-state index >= 15 is 0 Å². The summed E-state index contributed by atoms with van der Waals surface area (Å²) in [5, 5.41) is 11.0. The molecule has 0 aromatic carbocycles. The fourth-order valence-electron chi connectivity index (χ4n) is 4.03. The molecule has 25 heavy (non-hydrogen) atoms. The number of likely N-dealkylation sites (tertiary alicyclic amines) is 2. The molecule has 2 atom stereocenters. The quantitative estimate of drug-likeness (QED) is 0.835. The molecule has 3 rings (SSSR count). The van der Waals surface area contributed by atoms with Crippen LogP contribution in [-0.2, 0) is 0 Å². The number of aliphatic hydroxyl groups is 1. The fraction of sp³-hybridized carbons (Fsp3) is 0.632. The van der Waals surface area contributed by atoms with Crippen LogP contribution in [0.1, 0.15) is 43.7 Å². The minimum Gasteiger partial charge on any atom is -0.440 e. The highest BCUT2D eigenvalue weighted by Crippen LogP contribution is 2.39. The number of nitrogens with zero attached hydrogens (tertiary/aromatic N) is 2. The third kappa shape index (κ3) is 4.10. The Hall–Kier alpha value is -1.30. The molecule has 0 unspecified atom stereocenters. The molecule has 2 aliphatic rings. The van der Waals surface area contributed by atoms with E-state index in [-0.39, 0.29) is 28.4 Å². The summed E-state index contributed by atoms with van der Waals surface area (Å²) in [6.45, 7) is 8.08. The van der Waals surface area contributed by atoms with Crippen molar-refractivity contribution in [3.63, 3.8) is 0 Å². The van der Waals surface area contributed by atoms with E-state index in [0.717, 1.165) is 38.9 Å². The van der Waals surface area contributed by atoms with Gasteiger partial charge in [0, 0.05) is 38.1 Å². The Bertz CT molecular complexity index is 653. The lowest BCUT2D eigenvalue weighted by Crippen LogP contribution is -2.59. The molecule has 1 spiro atoms. The summed E-state index contributed by atoms with van der Waals surface area (Å²) >= 11 is 5.80. The molecule has 0 aliphatic carbocycles. The van der Waals surface area contributed by atoms with Crippen LogP contribution in [0.5, 0.6) is 0 Å². The maximum atomic E-state index is 12.7. The molecule has 138 valence electrons. The molecular formula is C19H27ClN2O3. The van der Waals surface area contributed by atoms with E-state index in [9.17, 15) is 9.90 Å². The number of carbonyl (C=O) groups is 1. The van der Waals surface area contributed by atoms with Gasteiger partial charge in [-0.3, -0.25) is 9.69 Å². The van der Waals surface area contributed by atoms with Crippen LogP contribution in [0.3, 0.4) is 0 Å². The number of aliphatic hydroxyl groups excluding tert-OH is 1. The van der Waals surface area contributed by atoms with E-state index in [1.165, 1.54) is 5.57 Å². The number of hydrogen-bond acceptors (Lipinski definition) is 4. The van der Waals surface area contributed by atoms with Gasteiger partial charge in [-0.25, -0.2) is 0 Å². The van der Waals surface area contributed by atoms with Crippen LogP contribution in [0.15, 0.2) is 28.2 Å². The molecule has 2 fully saturated rings. The van der Waals surface area contributed by atoms with Gasteiger partial charge in [-0.1, -0.05) is 11.6 Å². The van der Waals surface area contributed by atoms with Gasteiger partial charge in [-0.05, 0) is 56.8 Å². The minimum atomic E-state index is -0.369. The summed E-state index contributed by atoms with van der Waals surface area (Å²) in [5.74, 6) is 0.133. The molecule has 1 N–H and O–H groups in total. The Kier molecular flexibility index (Phi) is 5.56. The van der Waals surface area contributed by atoms with Crippen molar-refractivity contribution in [2.45, 2.75) is 39.2 Å². The predicted octanol–water partition coefficient (Wildman–Crippen LogP) is 3.19. The normalized spacial score (nSPS) is 27.5. The maximum Gasteiger partial charge on any atom is 0.289 e. The van der Waals surface area contributed by atoms with E-state index in [2.05, 4.69) is 24.8 Å². The summed E-state index contributed by atoms with van der Waals surface area (Å²) in [7, 11) is 0. The molecule has 1 amide bonds. The average molecular weight is 367 g/mol. The second-order valence-corrected chi connectivity index (χ2v) is 7.99. The van der Waals surface area contributed by atoms with Crippen LogP contribution in [-0.4, -0.2) is 59.6 Å². The highest BCUT2D eigenvalue weighted by Gasteiger charge is 2.46. The minimum absolute atomic E-state index is 0.139. The third-order valence-corrected chi connectivity index (χ3v) is 5.60. The molecule has 2 aliphatic heterocycles. The monoisotopic (exact) mass is 366 g/mol. The highest BCUT2D eigenvalue weighted by atomic mass is 35.5. The van der Waals surface area contributed by atoms with Gasteiger partial charge in [-0.2, -0.15) is 0 Å². The first-order valence-electron chi connectivity index (χ1n) is 8.98. The lowest BCUT2D eigenvalue weighted by Gasteiger charge is -2.50. The third-order valence-electron chi connectivity index (χ3n) is 5.40. The van der Waals surface area contributed by atoms with E-state index in [1.807, 2.05) is 4.90 Å². The molecule has 1 aromatic heterocycles. The number of amides is 1. The summed E-state index contributed by atoms with van der Waals surface area (Å²) in [5.41, 5.74) is 1.05. The van der Waals surface area contributed by atoms with Crippen molar-refractivity contribution in [1.29, 1.82) is 0 Å². The molecule has 6 heteroatoms. The van der Waals surface area contributed by atoms with Gasteiger partial charge in [0.25, 0.3) is 5.91 Å². The number of hydrogen-bond donors (Lipinski definition) is 1. The smallest absolute Gasteiger partial charge is 0.289 e. The Balaban J connectivity index is 1.73. The summed E-state index contributed by atoms with van der Waals surface area (Å²) < 4.78 is 5.28. The SMILES string of the molecule is CC(C)=CCN1CC[C@@H](O)[C@]2(CCCN(C(=O)c3ccc(Cl)o3)C2)C1. The van der Waals surface area contributed by atoms with Crippen molar-refractivity contribution >= 4 is 17.5 Å². The maximum absolute atomic E-state index is 12.7. The predicted molar refractivity (Wildman–Crippen MR) is 97.8 cm³/mol. The topological polar surface area (TPSA) is 56.9 Å². The Morgan fingerprint density at radius 2 is 2.20 bits per heavy atom. The molecule has 3 heterocycles. The Morgan fingerprint density at radius 1 is 1.40 bits per heavy atom.